The van der Waals surface area contributed by atoms with Crippen LogP contribution in [0.15, 0.2) is 24.3 Å². The van der Waals surface area contributed by atoms with Crippen molar-refractivity contribution in [3.05, 3.63) is 35.4 Å². The van der Waals surface area contributed by atoms with Crippen LogP contribution < -0.4 is 10.6 Å². The summed E-state index contributed by atoms with van der Waals surface area (Å²) in [5.74, 6) is 0.941. The minimum Gasteiger partial charge on any atom is -0.350 e. The summed E-state index contributed by atoms with van der Waals surface area (Å²) in [6.45, 7) is 1.76. The van der Waals surface area contributed by atoms with Gasteiger partial charge in [-0.15, -0.1) is 0 Å². The number of halogens is 3. The van der Waals surface area contributed by atoms with Gasteiger partial charge in [0.15, 0.2) is 0 Å². The fraction of sp³-hybridized carbons (Fsp3) is 0.588. The van der Waals surface area contributed by atoms with Crippen LogP contribution in [0.5, 0.6) is 0 Å². The molecule has 2 aliphatic carbocycles. The highest BCUT2D eigenvalue weighted by Gasteiger charge is 2.58. The van der Waals surface area contributed by atoms with Crippen molar-refractivity contribution < 1.29 is 18.0 Å². The molecule has 3 atom stereocenters. The standard InChI is InChI=1S/C17H19F3N2O/c18-17(19,20)13-4-2-1-3-10(13)7-16(5-6-16)22-15(23)14-11-8-21-9-12(11)14/h1-4,11-12,14,21H,5-9H2,(H,22,23)/t11-,12+,14?. The van der Waals surface area contributed by atoms with E-state index in [0.29, 0.717) is 11.8 Å². The monoisotopic (exact) mass is 324 g/mol. The Labute approximate surface area is 132 Å². The Morgan fingerprint density at radius 1 is 1.22 bits per heavy atom. The molecule has 1 amide bonds. The second kappa shape index (κ2) is 4.97. The number of rotatable bonds is 4. The SMILES string of the molecule is O=C(NC1(Cc2ccccc2C(F)(F)F)CC1)C1[C@H]2CNC[C@@H]12. The number of benzene rings is 1. The van der Waals surface area contributed by atoms with Crippen molar-refractivity contribution in [2.45, 2.75) is 31.0 Å². The molecule has 3 fully saturated rings. The molecule has 1 aromatic rings. The molecule has 0 spiro atoms. The molecular weight excluding hydrogens is 305 g/mol. The molecule has 3 nitrogen and oxygen atoms in total. The van der Waals surface area contributed by atoms with Crippen LogP contribution in [0.1, 0.15) is 24.0 Å². The largest absolute Gasteiger partial charge is 0.416 e. The lowest BCUT2D eigenvalue weighted by molar-refractivity contribution is -0.138. The van der Waals surface area contributed by atoms with Gasteiger partial charge in [-0.05, 0) is 55.8 Å². The predicted molar refractivity (Wildman–Crippen MR) is 78.6 cm³/mol. The third-order valence-electron chi connectivity index (χ3n) is 5.49. The topological polar surface area (TPSA) is 41.1 Å². The third kappa shape index (κ3) is 2.73. The minimum atomic E-state index is -4.35. The number of carbonyl (C=O) groups excluding carboxylic acids is 1. The summed E-state index contributed by atoms with van der Waals surface area (Å²) in [5, 5.41) is 6.30. The lowest BCUT2D eigenvalue weighted by atomic mass is 9.98. The zero-order valence-corrected chi connectivity index (χ0v) is 12.6. The van der Waals surface area contributed by atoms with E-state index in [1.807, 2.05) is 0 Å². The van der Waals surface area contributed by atoms with E-state index in [-0.39, 0.29) is 23.8 Å². The van der Waals surface area contributed by atoms with E-state index in [4.69, 9.17) is 0 Å². The zero-order valence-electron chi connectivity index (χ0n) is 12.6. The summed E-state index contributed by atoms with van der Waals surface area (Å²) in [4.78, 5) is 12.4. The van der Waals surface area contributed by atoms with Gasteiger partial charge in [0.2, 0.25) is 5.91 Å². The minimum absolute atomic E-state index is 0.0310. The average molecular weight is 324 g/mol. The van der Waals surface area contributed by atoms with Crippen molar-refractivity contribution in [1.82, 2.24) is 10.6 Å². The molecular formula is C17H19F3N2O. The smallest absolute Gasteiger partial charge is 0.350 e. The first-order valence-corrected chi connectivity index (χ1v) is 8.07. The van der Waals surface area contributed by atoms with Crippen LogP contribution in [-0.4, -0.2) is 24.5 Å². The summed E-state index contributed by atoms with van der Waals surface area (Å²) >= 11 is 0. The first-order valence-electron chi connectivity index (χ1n) is 8.07. The number of fused-ring (bicyclic) bond motifs is 1. The highest BCUT2D eigenvalue weighted by molar-refractivity contribution is 5.83. The maximum absolute atomic E-state index is 13.1. The molecule has 1 aromatic carbocycles. The first kappa shape index (κ1) is 15.0. The van der Waals surface area contributed by atoms with Gasteiger partial charge < -0.3 is 10.6 Å². The van der Waals surface area contributed by atoms with Crippen LogP contribution in [0.2, 0.25) is 0 Å². The van der Waals surface area contributed by atoms with Gasteiger partial charge in [0.25, 0.3) is 0 Å². The molecule has 6 heteroatoms. The normalized spacial score (nSPS) is 30.7. The summed E-state index contributed by atoms with van der Waals surface area (Å²) < 4.78 is 39.3. The Morgan fingerprint density at radius 2 is 1.87 bits per heavy atom. The highest BCUT2D eigenvalue weighted by atomic mass is 19.4. The van der Waals surface area contributed by atoms with Gasteiger partial charge in [-0.3, -0.25) is 4.79 Å². The molecule has 124 valence electrons. The Bertz CT molecular complexity index is 629. The fourth-order valence-electron chi connectivity index (χ4n) is 3.96. The van der Waals surface area contributed by atoms with Gasteiger partial charge in [0, 0.05) is 11.5 Å². The Hall–Kier alpha value is -1.56. The summed E-state index contributed by atoms with van der Waals surface area (Å²) in [6.07, 6.45) is -2.58. The summed E-state index contributed by atoms with van der Waals surface area (Å²) in [5.41, 5.74) is -0.786. The Morgan fingerprint density at radius 3 is 2.48 bits per heavy atom. The van der Waals surface area contributed by atoms with Crippen LogP contribution in [-0.2, 0) is 17.4 Å². The predicted octanol–water partition coefficient (Wildman–Crippen LogP) is 2.36. The van der Waals surface area contributed by atoms with E-state index in [1.165, 1.54) is 12.1 Å². The third-order valence-corrected chi connectivity index (χ3v) is 5.49. The molecule has 4 rings (SSSR count). The van der Waals surface area contributed by atoms with Crippen LogP contribution >= 0.6 is 0 Å². The number of alkyl halides is 3. The molecule has 3 aliphatic rings. The summed E-state index contributed by atoms with van der Waals surface area (Å²) in [6, 6.07) is 5.66. The number of carbonyl (C=O) groups is 1. The van der Waals surface area contributed by atoms with E-state index >= 15 is 0 Å². The molecule has 0 aromatic heterocycles. The molecule has 2 saturated carbocycles. The molecule has 1 heterocycles. The number of piperidine rings is 1. The van der Waals surface area contributed by atoms with Gasteiger partial charge in [0.05, 0.1) is 5.56 Å². The lowest BCUT2D eigenvalue weighted by Crippen LogP contribution is -2.41. The number of hydrogen-bond acceptors (Lipinski definition) is 2. The van der Waals surface area contributed by atoms with Crippen molar-refractivity contribution in [3.8, 4) is 0 Å². The molecule has 1 saturated heterocycles. The highest BCUT2D eigenvalue weighted by Crippen LogP contribution is 2.50. The van der Waals surface area contributed by atoms with E-state index < -0.39 is 17.3 Å². The first-order chi connectivity index (χ1) is 10.9. The Balaban J connectivity index is 1.46. The second-order valence-electron chi connectivity index (χ2n) is 7.11. The second-order valence-corrected chi connectivity index (χ2v) is 7.11. The lowest BCUT2D eigenvalue weighted by Gasteiger charge is -2.21. The van der Waals surface area contributed by atoms with Crippen molar-refractivity contribution >= 4 is 5.91 Å². The van der Waals surface area contributed by atoms with Crippen molar-refractivity contribution in [1.29, 1.82) is 0 Å². The van der Waals surface area contributed by atoms with Crippen molar-refractivity contribution in [2.75, 3.05) is 13.1 Å². The average Bonchev–Trinajstić information content (AvgIpc) is 3.35. The van der Waals surface area contributed by atoms with Crippen molar-refractivity contribution in [3.63, 3.8) is 0 Å². The van der Waals surface area contributed by atoms with Crippen LogP contribution in [0, 0.1) is 17.8 Å². The van der Waals surface area contributed by atoms with Crippen LogP contribution in [0.25, 0.3) is 0 Å². The maximum Gasteiger partial charge on any atom is 0.416 e. The molecule has 1 unspecified atom stereocenters. The molecule has 0 bridgehead atoms. The van der Waals surface area contributed by atoms with Crippen LogP contribution in [0.4, 0.5) is 13.2 Å². The molecule has 2 N–H and O–H groups in total. The van der Waals surface area contributed by atoms with Gasteiger partial charge >= 0.3 is 6.18 Å². The molecule has 0 radical (unpaired) electrons. The quantitative estimate of drug-likeness (QED) is 0.893. The number of hydrogen-bond donors (Lipinski definition) is 2. The number of amides is 1. The van der Waals surface area contributed by atoms with Gasteiger partial charge in [-0.25, -0.2) is 0 Å². The molecule has 23 heavy (non-hydrogen) atoms. The van der Waals surface area contributed by atoms with Gasteiger partial charge in [-0.1, -0.05) is 18.2 Å². The van der Waals surface area contributed by atoms with E-state index in [0.717, 1.165) is 32.0 Å². The van der Waals surface area contributed by atoms with Gasteiger partial charge in [-0.2, -0.15) is 13.2 Å². The van der Waals surface area contributed by atoms with Gasteiger partial charge in [0.1, 0.15) is 0 Å². The zero-order chi connectivity index (χ0) is 16.2. The van der Waals surface area contributed by atoms with E-state index in [9.17, 15) is 18.0 Å². The maximum atomic E-state index is 13.1. The van der Waals surface area contributed by atoms with E-state index in [2.05, 4.69) is 10.6 Å². The number of nitrogens with one attached hydrogen (secondary N) is 2. The fourth-order valence-corrected chi connectivity index (χ4v) is 3.96. The summed E-state index contributed by atoms with van der Waals surface area (Å²) in [7, 11) is 0. The van der Waals surface area contributed by atoms with Crippen LogP contribution in [0.3, 0.4) is 0 Å². The van der Waals surface area contributed by atoms with Crippen molar-refractivity contribution in [2.24, 2.45) is 17.8 Å². The van der Waals surface area contributed by atoms with E-state index in [1.54, 1.807) is 6.07 Å². The Kier molecular flexibility index (Phi) is 3.24. The molecule has 1 aliphatic heterocycles.